The minimum atomic E-state index is -0.0307. The summed E-state index contributed by atoms with van der Waals surface area (Å²) in [6.07, 6.45) is 2.00. The first-order valence-electron chi connectivity index (χ1n) is 5.52. The smallest absolute Gasteiger partial charge is 0.198 e. The monoisotopic (exact) mass is 233 g/mol. The fraction of sp³-hybridized carbons (Fsp3) is 0.308. The molecule has 1 atom stereocenters. The van der Waals surface area contributed by atoms with Crippen molar-refractivity contribution >= 4 is 0 Å². The first-order chi connectivity index (χ1) is 8.20. The Morgan fingerprint density at radius 3 is 2.82 bits per heavy atom. The molecule has 0 fully saturated rings. The lowest BCUT2D eigenvalue weighted by atomic mass is 10.1. The zero-order valence-electron chi connectivity index (χ0n) is 9.63. The van der Waals surface area contributed by atoms with Gasteiger partial charge >= 0.3 is 0 Å². The lowest BCUT2D eigenvalue weighted by molar-refractivity contribution is 0.271. The van der Waals surface area contributed by atoms with Crippen LogP contribution in [0.1, 0.15) is 30.0 Å². The number of phenolic OH excluding ortho intramolecular Hbond substituents is 1. The number of aromatic nitrogens is 1. The maximum Gasteiger partial charge on any atom is 0.198 e. The second-order valence-corrected chi connectivity index (χ2v) is 4.06. The van der Waals surface area contributed by atoms with E-state index in [4.69, 9.17) is 9.52 Å². The number of hydrogen-bond donors (Lipinski definition) is 2. The second-order valence-electron chi connectivity index (χ2n) is 4.06. The normalized spacial score (nSPS) is 12.6. The highest BCUT2D eigenvalue weighted by Crippen LogP contribution is 2.21. The summed E-state index contributed by atoms with van der Waals surface area (Å²) >= 11 is 0. The van der Waals surface area contributed by atoms with E-state index in [1.165, 1.54) is 0 Å². The zero-order valence-corrected chi connectivity index (χ0v) is 9.63. The molecule has 17 heavy (non-hydrogen) atoms. The number of benzene rings is 1. The summed E-state index contributed by atoms with van der Waals surface area (Å²) in [6, 6.07) is 7.09. The van der Waals surface area contributed by atoms with Crippen molar-refractivity contribution < 1.29 is 14.6 Å². The van der Waals surface area contributed by atoms with Gasteiger partial charge in [0.2, 0.25) is 0 Å². The molecule has 0 radical (unpaired) electrons. The third-order valence-corrected chi connectivity index (χ3v) is 2.68. The maximum atomic E-state index is 9.62. The number of rotatable bonds is 4. The molecule has 1 aromatic heterocycles. The van der Waals surface area contributed by atoms with Crippen LogP contribution in [0, 0.1) is 0 Å². The van der Waals surface area contributed by atoms with Gasteiger partial charge in [-0.05, 0) is 6.07 Å². The van der Waals surface area contributed by atoms with Gasteiger partial charge in [0.25, 0.3) is 0 Å². The number of aliphatic hydroxyl groups excluding tert-OH is 1. The molecule has 2 rings (SSSR count). The molecule has 1 unspecified atom stereocenters. The van der Waals surface area contributed by atoms with Crippen molar-refractivity contribution in [1.29, 1.82) is 0 Å². The third kappa shape index (κ3) is 2.65. The SMILES string of the molecule is CC(CO)c1coc(Cc2ccccc2O)n1. The molecule has 2 aromatic rings. The molecule has 1 aromatic carbocycles. The fourth-order valence-corrected chi connectivity index (χ4v) is 1.55. The predicted molar refractivity (Wildman–Crippen MR) is 62.9 cm³/mol. The summed E-state index contributed by atoms with van der Waals surface area (Å²) < 4.78 is 5.31. The molecule has 0 spiro atoms. The Bertz CT molecular complexity index is 493. The van der Waals surface area contributed by atoms with Gasteiger partial charge in [-0.1, -0.05) is 25.1 Å². The van der Waals surface area contributed by atoms with E-state index in [0.29, 0.717) is 12.3 Å². The van der Waals surface area contributed by atoms with Gasteiger partial charge in [-0.3, -0.25) is 0 Å². The van der Waals surface area contributed by atoms with E-state index in [2.05, 4.69) is 4.98 Å². The van der Waals surface area contributed by atoms with Crippen LogP contribution in [0.3, 0.4) is 0 Å². The number of nitrogens with zero attached hydrogens (tertiary/aromatic N) is 1. The van der Waals surface area contributed by atoms with Crippen LogP contribution in [-0.2, 0) is 6.42 Å². The van der Waals surface area contributed by atoms with E-state index >= 15 is 0 Å². The molecule has 2 N–H and O–H groups in total. The maximum absolute atomic E-state index is 9.62. The summed E-state index contributed by atoms with van der Waals surface area (Å²) in [7, 11) is 0. The van der Waals surface area contributed by atoms with Crippen LogP contribution < -0.4 is 0 Å². The van der Waals surface area contributed by atoms with E-state index in [1.807, 2.05) is 19.1 Å². The van der Waals surface area contributed by atoms with Gasteiger partial charge in [0.15, 0.2) is 5.89 Å². The minimum absolute atomic E-state index is 0.0307. The van der Waals surface area contributed by atoms with Crippen LogP contribution in [0.2, 0.25) is 0 Å². The molecule has 0 bridgehead atoms. The van der Waals surface area contributed by atoms with Crippen LogP contribution >= 0.6 is 0 Å². The molecule has 0 saturated heterocycles. The summed E-state index contributed by atoms with van der Waals surface area (Å²) in [4.78, 5) is 4.28. The van der Waals surface area contributed by atoms with Crippen molar-refractivity contribution in [2.75, 3.05) is 6.61 Å². The highest BCUT2D eigenvalue weighted by molar-refractivity contribution is 5.33. The molecule has 4 nitrogen and oxygen atoms in total. The van der Waals surface area contributed by atoms with E-state index < -0.39 is 0 Å². The standard InChI is InChI=1S/C13H15NO3/c1-9(7-15)11-8-17-13(14-11)6-10-4-2-3-5-12(10)16/h2-5,8-9,15-16H,6-7H2,1H3. The molecule has 0 aliphatic rings. The van der Waals surface area contributed by atoms with Gasteiger partial charge in [0, 0.05) is 11.5 Å². The topological polar surface area (TPSA) is 66.5 Å². The second kappa shape index (κ2) is 5.01. The molecular formula is C13H15NO3. The summed E-state index contributed by atoms with van der Waals surface area (Å²) in [5, 5.41) is 18.6. The van der Waals surface area contributed by atoms with Crippen LogP contribution in [0.15, 0.2) is 34.9 Å². The molecule has 90 valence electrons. The zero-order chi connectivity index (χ0) is 12.3. The van der Waals surface area contributed by atoms with E-state index in [9.17, 15) is 5.11 Å². The summed E-state index contributed by atoms with van der Waals surface area (Å²) in [5.74, 6) is 0.751. The van der Waals surface area contributed by atoms with Crippen LogP contribution in [-0.4, -0.2) is 21.8 Å². The Balaban J connectivity index is 2.14. The number of phenols is 1. The summed E-state index contributed by atoms with van der Waals surface area (Å²) in [6.45, 7) is 1.92. The van der Waals surface area contributed by atoms with Gasteiger partial charge in [0.1, 0.15) is 12.0 Å². The number of oxazole rings is 1. The third-order valence-electron chi connectivity index (χ3n) is 2.68. The van der Waals surface area contributed by atoms with Crippen molar-refractivity contribution in [1.82, 2.24) is 4.98 Å². The van der Waals surface area contributed by atoms with E-state index in [1.54, 1.807) is 18.4 Å². The van der Waals surface area contributed by atoms with Crippen LogP contribution in [0.25, 0.3) is 0 Å². The molecule has 0 saturated carbocycles. The first-order valence-corrected chi connectivity index (χ1v) is 5.52. The van der Waals surface area contributed by atoms with Gasteiger partial charge in [-0.2, -0.15) is 0 Å². The number of hydrogen-bond acceptors (Lipinski definition) is 4. The van der Waals surface area contributed by atoms with Gasteiger partial charge in [0.05, 0.1) is 18.7 Å². The molecule has 0 aliphatic heterocycles. The van der Waals surface area contributed by atoms with Crippen LogP contribution in [0.5, 0.6) is 5.75 Å². The van der Waals surface area contributed by atoms with Crippen molar-refractivity contribution in [3.8, 4) is 5.75 Å². The molecule has 4 heteroatoms. The lowest BCUT2D eigenvalue weighted by Crippen LogP contribution is -1.99. The molecule has 0 aliphatic carbocycles. The molecule has 0 amide bonds. The van der Waals surface area contributed by atoms with E-state index in [-0.39, 0.29) is 18.3 Å². The van der Waals surface area contributed by atoms with Gasteiger partial charge < -0.3 is 14.6 Å². The first kappa shape index (κ1) is 11.7. The van der Waals surface area contributed by atoms with Crippen molar-refractivity contribution in [3.05, 3.63) is 47.7 Å². The van der Waals surface area contributed by atoms with Gasteiger partial charge in [-0.25, -0.2) is 4.98 Å². The number of aromatic hydroxyl groups is 1. The lowest BCUT2D eigenvalue weighted by Gasteiger charge is -2.01. The summed E-state index contributed by atoms with van der Waals surface area (Å²) in [5.41, 5.74) is 1.51. The average Bonchev–Trinajstić information content (AvgIpc) is 2.80. The van der Waals surface area contributed by atoms with Crippen molar-refractivity contribution in [2.45, 2.75) is 19.3 Å². The fourth-order valence-electron chi connectivity index (χ4n) is 1.55. The number of aliphatic hydroxyl groups is 1. The number of para-hydroxylation sites is 1. The largest absolute Gasteiger partial charge is 0.508 e. The quantitative estimate of drug-likeness (QED) is 0.848. The predicted octanol–water partition coefficient (Wildman–Crippen LogP) is 2.07. The Morgan fingerprint density at radius 2 is 2.12 bits per heavy atom. The minimum Gasteiger partial charge on any atom is -0.508 e. The highest BCUT2D eigenvalue weighted by Gasteiger charge is 2.11. The highest BCUT2D eigenvalue weighted by atomic mass is 16.3. The average molecular weight is 233 g/mol. The van der Waals surface area contributed by atoms with Crippen LogP contribution in [0.4, 0.5) is 0 Å². The van der Waals surface area contributed by atoms with Crippen molar-refractivity contribution in [3.63, 3.8) is 0 Å². The Hall–Kier alpha value is -1.81. The van der Waals surface area contributed by atoms with Gasteiger partial charge in [-0.15, -0.1) is 0 Å². The van der Waals surface area contributed by atoms with Crippen molar-refractivity contribution in [2.24, 2.45) is 0 Å². The Kier molecular flexibility index (Phi) is 3.44. The van der Waals surface area contributed by atoms with E-state index in [0.717, 1.165) is 11.3 Å². The molecule has 1 heterocycles. The Morgan fingerprint density at radius 1 is 1.35 bits per heavy atom. The Labute approximate surface area is 99.6 Å². The molecular weight excluding hydrogens is 218 g/mol.